The molecule has 1 amide bonds. The third kappa shape index (κ3) is 2.10. The number of carbonyl (C=O) groups is 1. The van der Waals surface area contributed by atoms with Gasteiger partial charge in [0.05, 0.1) is 0 Å². The number of primary amides is 1. The monoisotopic (exact) mass is 298 g/mol. The van der Waals surface area contributed by atoms with Crippen molar-refractivity contribution in [1.29, 1.82) is 0 Å². The lowest BCUT2D eigenvalue weighted by Gasteiger charge is -2.55. The molecule has 3 atom stereocenters. The molecule has 1 aliphatic heterocycles. The van der Waals surface area contributed by atoms with Gasteiger partial charge in [0.2, 0.25) is 5.91 Å². The molecule has 1 saturated heterocycles. The topological polar surface area (TPSA) is 46.3 Å². The van der Waals surface area contributed by atoms with Crippen LogP contribution in [0.3, 0.4) is 0 Å². The first kappa shape index (κ1) is 14.3. The maximum Gasteiger partial charge on any atom is 0.248 e. The number of hydrogen-bond donors (Lipinski definition) is 1. The van der Waals surface area contributed by atoms with Crippen LogP contribution in [0.2, 0.25) is 0 Å². The van der Waals surface area contributed by atoms with E-state index < -0.39 is 0 Å². The second kappa shape index (κ2) is 4.82. The smallest absolute Gasteiger partial charge is 0.248 e. The fraction of sp³-hybridized carbons (Fsp3) is 0.632. The van der Waals surface area contributed by atoms with Gasteiger partial charge in [0.15, 0.2) is 0 Å². The molecule has 2 aliphatic carbocycles. The van der Waals surface area contributed by atoms with Gasteiger partial charge in [0.25, 0.3) is 0 Å². The standard InChI is InChI=1S/C19H26N2O/c1-12-17-10-14-5-6-15(18(20)22)9-16(14)19(12,2)7-8-21(17)11-13-3-4-13/h5-6,9,12-13,17H,3-4,7-8,10-11H2,1-2H3,(H2,20,22)/t12-,17-,19-/m1/s1. The van der Waals surface area contributed by atoms with Crippen LogP contribution in [-0.2, 0) is 11.8 Å². The Balaban J connectivity index is 1.72. The van der Waals surface area contributed by atoms with E-state index in [0.717, 1.165) is 12.3 Å². The molecule has 0 unspecified atom stereocenters. The lowest BCUT2D eigenvalue weighted by molar-refractivity contribution is 0.0284. The van der Waals surface area contributed by atoms with Gasteiger partial charge in [-0.15, -0.1) is 0 Å². The molecule has 0 aromatic heterocycles. The summed E-state index contributed by atoms with van der Waals surface area (Å²) in [4.78, 5) is 14.3. The third-order valence-electron chi connectivity index (χ3n) is 6.60. The highest BCUT2D eigenvalue weighted by Gasteiger charge is 2.49. The van der Waals surface area contributed by atoms with Crippen LogP contribution in [0.15, 0.2) is 18.2 Å². The van der Waals surface area contributed by atoms with Gasteiger partial charge < -0.3 is 5.73 Å². The number of hydrogen-bond acceptors (Lipinski definition) is 2. The molecule has 4 rings (SSSR count). The summed E-state index contributed by atoms with van der Waals surface area (Å²) in [6, 6.07) is 6.78. The molecule has 1 heterocycles. The number of benzene rings is 1. The maximum absolute atomic E-state index is 11.5. The summed E-state index contributed by atoms with van der Waals surface area (Å²) in [5.74, 6) is 1.28. The van der Waals surface area contributed by atoms with E-state index in [4.69, 9.17) is 5.73 Å². The zero-order valence-electron chi connectivity index (χ0n) is 13.6. The second-order valence-corrected chi connectivity index (χ2v) is 7.90. The first-order valence-electron chi connectivity index (χ1n) is 8.66. The Bertz CT molecular complexity index is 622. The fourth-order valence-electron chi connectivity index (χ4n) is 4.72. The Morgan fingerprint density at radius 3 is 2.86 bits per heavy atom. The minimum absolute atomic E-state index is 0.184. The van der Waals surface area contributed by atoms with E-state index in [-0.39, 0.29) is 11.3 Å². The van der Waals surface area contributed by atoms with Crippen molar-refractivity contribution in [1.82, 2.24) is 4.90 Å². The number of amides is 1. The van der Waals surface area contributed by atoms with Crippen molar-refractivity contribution < 1.29 is 4.79 Å². The van der Waals surface area contributed by atoms with Crippen molar-refractivity contribution in [2.75, 3.05) is 13.1 Å². The summed E-state index contributed by atoms with van der Waals surface area (Å²) in [5.41, 5.74) is 9.13. The Labute approximate surface area is 132 Å². The van der Waals surface area contributed by atoms with E-state index in [2.05, 4.69) is 30.9 Å². The molecule has 3 aliphatic rings. The van der Waals surface area contributed by atoms with Crippen molar-refractivity contribution in [2.24, 2.45) is 17.6 Å². The predicted octanol–water partition coefficient (Wildman–Crippen LogP) is 2.72. The van der Waals surface area contributed by atoms with Crippen LogP contribution in [0.4, 0.5) is 0 Å². The Morgan fingerprint density at radius 2 is 2.18 bits per heavy atom. The van der Waals surface area contributed by atoms with Crippen LogP contribution in [0.1, 0.15) is 54.6 Å². The first-order chi connectivity index (χ1) is 10.5. The molecule has 22 heavy (non-hydrogen) atoms. The van der Waals surface area contributed by atoms with Crippen molar-refractivity contribution in [2.45, 2.75) is 51.0 Å². The van der Waals surface area contributed by atoms with E-state index in [9.17, 15) is 4.79 Å². The summed E-state index contributed by atoms with van der Waals surface area (Å²) >= 11 is 0. The van der Waals surface area contributed by atoms with Crippen molar-refractivity contribution in [3.63, 3.8) is 0 Å². The lowest BCUT2D eigenvalue weighted by atomic mass is 9.59. The molecule has 118 valence electrons. The quantitative estimate of drug-likeness (QED) is 0.932. The van der Waals surface area contributed by atoms with Crippen LogP contribution in [-0.4, -0.2) is 29.9 Å². The molecule has 3 nitrogen and oxygen atoms in total. The average molecular weight is 298 g/mol. The van der Waals surface area contributed by atoms with Crippen LogP contribution in [0, 0.1) is 11.8 Å². The number of carbonyl (C=O) groups excluding carboxylic acids is 1. The second-order valence-electron chi connectivity index (χ2n) is 7.90. The number of nitrogens with zero attached hydrogens (tertiary/aromatic N) is 1. The highest BCUT2D eigenvalue weighted by atomic mass is 16.1. The average Bonchev–Trinajstić information content (AvgIpc) is 3.29. The number of likely N-dealkylation sites (tertiary alicyclic amines) is 1. The third-order valence-corrected chi connectivity index (χ3v) is 6.60. The van der Waals surface area contributed by atoms with E-state index >= 15 is 0 Å². The summed E-state index contributed by atoms with van der Waals surface area (Å²) in [6.07, 6.45) is 5.16. The SMILES string of the molecule is C[C@@H]1[C@H]2Cc3ccc(C(N)=O)cc3[C@]1(C)CCN2CC1CC1. The van der Waals surface area contributed by atoms with Gasteiger partial charge in [-0.2, -0.15) is 0 Å². The van der Waals surface area contributed by atoms with Gasteiger partial charge in [-0.05, 0) is 72.7 Å². The number of fused-ring (bicyclic) bond motifs is 4. The highest BCUT2D eigenvalue weighted by molar-refractivity contribution is 5.93. The molecular formula is C19H26N2O. The number of nitrogens with two attached hydrogens (primary N) is 1. The summed E-state index contributed by atoms with van der Waals surface area (Å²) < 4.78 is 0. The van der Waals surface area contributed by atoms with Gasteiger partial charge in [-0.25, -0.2) is 0 Å². The molecule has 2 N–H and O–H groups in total. The van der Waals surface area contributed by atoms with Gasteiger partial charge in [-0.3, -0.25) is 9.69 Å². The lowest BCUT2D eigenvalue weighted by Crippen LogP contribution is -2.58. The zero-order chi connectivity index (χ0) is 15.5. The molecule has 1 saturated carbocycles. The summed E-state index contributed by atoms with van der Waals surface area (Å²) in [5, 5.41) is 0. The molecular weight excluding hydrogens is 272 g/mol. The molecule has 1 aromatic carbocycles. The molecule has 0 radical (unpaired) electrons. The van der Waals surface area contributed by atoms with Crippen LogP contribution >= 0.6 is 0 Å². The Hall–Kier alpha value is -1.35. The fourth-order valence-corrected chi connectivity index (χ4v) is 4.72. The molecule has 0 spiro atoms. The van der Waals surface area contributed by atoms with Crippen LogP contribution in [0.25, 0.3) is 0 Å². The summed E-state index contributed by atoms with van der Waals surface area (Å²) in [7, 11) is 0. The Kier molecular flexibility index (Phi) is 3.12. The predicted molar refractivity (Wildman–Crippen MR) is 87.9 cm³/mol. The zero-order valence-corrected chi connectivity index (χ0v) is 13.6. The minimum atomic E-state index is -0.313. The molecule has 2 fully saturated rings. The van der Waals surface area contributed by atoms with Gasteiger partial charge in [-0.1, -0.05) is 19.9 Å². The van der Waals surface area contributed by atoms with Gasteiger partial charge in [0.1, 0.15) is 0 Å². The summed E-state index contributed by atoms with van der Waals surface area (Å²) in [6.45, 7) is 7.29. The van der Waals surface area contributed by atoms with Crippen molar-refractivity contribution >= 4 is 5.91 Å². The van der Waals surface area contributed by atoms with Crippen LogP contribution < -0.4 is 5.73 Å². The van der Waals surface area contributed by atoms with Gasteiger partial charge in [0, 0.05) is 18.2 Å². The first-order valence-corrected chi connectivity index (χ1v) is 8.66. The number of rotatable bonds is 3. The van der Waals surface area contributed by atoms with E-state index in [0.29, 0.717) is 17.5 Å². The van der Waals surface area contributed by atoms with Crippen LogP contribution in [0.5, 0.6) is 0 Å². The van der Waals surface area contributed by atoms with Crippen molar-refractivity contribution in [3.8, 4) is 0 Å². The number of piperidine rings is 1. The largest absolute Gasteiger partial charge is 0.366 e. The van der Waals surface area contributed by atoms with E-state index in [1.807, 2.05) is 6.07 Å². The highest BCUT2D eigenvalue weighted by Crippen LogP contribution is 2.49. The molecule has 1 aromatic rings. The van der Waals surface area contributed by atoms with Crippen molar-refractivity contribution in [3.05, 3.63) is 34.9 Å². The maximum atomic E-state index is 11.5. The molecule has 3 heteroatoms. The van der Waals surface area contributed by atoms with Gasteiger partial charge >= 0.3 is 0 Å². The molecule has 2 bridgehead atoms. The minimum Gasteiger partial charge on any atom is -0.366 e. The Morgan fingerprint density at radius 1 is 1.41 bits per heavy atom. The van der Waals surface area contributed by atoms with E-state index in [1.54, 1.807) is 0 Å². The van der Waals surface area contributed by atoms with E-state index in [1.165, 1.54) is 43.5 Å². The normalized spacial score (nSPS) is 34.3.